The molecule has 0 bridgehead atoms. The molecule has 0 saturated carbocycles. The predicted octanol–water partition coefficient (Wildman–Crippen LogP) is 0.240. The van der Waals surface area contributed by atoms with Crippen molar-refractivity contribution in [1.82, 2.24) is 9.55 Å². The van der Waals surface area contributed by atoms with Crippen LogP contribution < -0.4 is 11.2 Å². The number of hydrogen-bond donors (Lipinski definition) is 1. The van der Waals surface area contributed by atoms with Crippen LogP contribution in [0.15, 0.2) is 27.9 Å². The Morgan fingerprint density at radius 1 is 1.62 bits per heavy atom. The van der Waals surface area contributed by atoms with Crippen LogP contribution in [0.4, 0.5) is 5.69 Å². The number of aromatic nitrogens is 2. The van der Waals surface area contributed by atoms with Gasteiger partial charge in [-0.05, 0) is 5.57 Å². The Hall–Kier alpha value is -1.89. The SMILES string of the molecule is C=C(CCl)Cn1cc([N+](=O)[O-])c(=O)[nH]c1=O. The van der Waals surface area contributed by atoms with Crippen molar-refractivity contribution < 1.29 is 4.92 Å². The van der Waals surface area contributed by atoms with Crippen molar-refractivity contribution in [1.29, 1.82) is 0 Å². The van der Waals surface area contributed by atoms with Crippen molar-refractivity contribution in [3.05, 3.63) is 49.3 Å². The highest BCUT2D eigenvalue weighted by molar-refractivity contribution is 6.19. The molecule has 1 aromatic rings. The summed E-state index contributed by atoms with van der Waals surface area (Å²) in [6.07, 6.45) is 0.874. The van der Waals surface area contributed by atoms with Crippen LogP contribution in [0.2, 0.25) is 0 Å². The van der Waals surface area contributed by atoms with Gasteiger partial charge in [-0.2, -0.15) is 0 Å². The molecule has 0 spiro atoms. The Labute approximate surface area is 94.1 Å². The zero-order valence-corrected chi connectivity index (χ0v) is 8.86. The fraction of sp³-hybridized carbons (Fsp3) is 0.250. The van der Waals surface area contributed by atoms with Gasteiger partial charge in [0.05, 0.1) is 11.1 Å². The zero-order valence-electron chi connectivity index (χ0n) is 8.10. The molecule has 7 nitrogen and oxygen atoms in total. The smallest absolute Gasteiger partial charge is 0.290 e. The monoisotopic (exact) mass is 245 g/mol. The van der Waals surface area contributed by atoms with Gasteiger partial charge < -0.3 is 0 Å². The minimum atomic E-state index is -1.03. The molecular formula is C8H8ClN3O4. The Morgan fingerprint density at radius 3 is 2.75 bits per heavy atom. The second kappa shape index (κ2) is 4.75. The lowest BCUT2D eigenvalue weighted by Crippen LogP contribution is -2.31. The summed E-state index contributed by atoms with van der Waals surface area (Å²) in [5, 5.41) is 10.5. The van der Waals surface area contributed by atoms with Crippen LogP contribution >= 0.6 is 11.6 Å². The molecule has 0 unspecified atom stereocenters. The first kappa shape index (κ1) is 12.2. The van der Waals surface area contributed by atoms with E-state index in [0.29, 0.717) is 5.57 Å². The summed E-state index contributed by atoms with van der Waals surface area (Å²) in [6, 6.07) is 0. The number of rotatable bonds is 4. The molecule has 1 N–H and O–H groups in total. The van der Waals surface area contributed by atoms with Gasteiger partial charge >= 0.3 is 16.9 Å². The summed E-state index contributed by atoms with van der Waals surface area (Å²) < 4.78 is 0.976. The van der Waals surface area contributed by atoms with Crippen LogP contribution in [0.3, 0.4) is 0 Å². The van der Waals surface area contributed by atoms with Gasteiger partial charge in [0.25, 0.3) is 0 Å². The molecule has 0 radical (unpaired) electrons. The first-order valence-corrected chi connectivity index (χ1v) is 4.70. The fourth-order valence-electron chi connectivity index (χ4n) is 1.03. The molecule has 1 rings (SSSR count). The fourth-order valence-corrected chi connectivity index (χ4v) is 1.11. The van der Waals surface area contributed by atoms with E-state index in [2.05, 4.69) is 6.58 Å². The number of nitrogens with one attached hydrogen (secondary N) is 1. The molecule has 1 aromatic heterocycles. The molecule has 8 heteroatoms. The van der Waals surface area contributed by atoms with Gasteiger partial charge in [-0.15, -0.1) is 11.6 Å². The van der Waals surface area contributed by atoms with Crippen molar-refractivity contribution in [3.63, 3.8) is 0 Å². The first-order chi connectivity index (χ1) is 7.45. The lowest BCUT2D eigenvalue weighted by Gasteiger charge is -2.04. The number of halogens is 1. The maximum absolute atomic E-state index is 11.3. The summed E-state index contributed by atoms with van der Waals surface area (Å²) in [5.41, 5.74) is -1.95. The number of nitro groups is 1. The van der Waals surface area contributed by atoms with Crippen LogP contribution in [0, 0.1) is 10.1 Å². The van der Waals surface area contributed by atoms with Crippen molar-refractivity contribution in [3.8, 4) is 0 Å². The normalized spacial score (nSPS) is 10.1. The van der Waals surface area contributed by atoms with Crippen molar-refractivity contribution >= 4 is 17.3 Å². The molecule has 0 aliphatic heterocycles. The van der Waals surface area contributed by atoms with E-state index in [9.17, 15) is 19.7 Å². The highest BCUT2D eigenvalue weighted by atomic mass is 35.5. The van der Waals surface area contributed by atoms with E-state index < -0.39 is 21.9 Å². The summed E-state index contributed by atoms with van der Waals surface area (Å²) >= 11 is 5.47. The van der Waals surface area contributed by atoms with Gasteiger partial charge in [-0.3, -0.25) is 24.5 Å². The number of aromatic amines is 1. The number of hydrogen-bond acceptors (Lipinski definition) is 4. The summed E-state index contributed by atoms with van der Waals surface area (Å²) in [6.45, 7) is 3.58. The van der Waals surface area contributed by atoms with Gasteiger partial charge in [0.2, 0.25) is 0 Å². The average molecular weight is 246 g/mol. The van der Waals surface area contributed by atoms with Crippen LogP contribution in [0.25, 0.3) is 0 Å². The number of allylic oxidation sites excluding steroid dienone is 1. The third kappa shape index (κ3) is 2.57. The van der Waals surface area contributed by atoms with E-state index >= 15 is 0 Å². The molecule has 1 heterocycles. The third-order valence-electron chi connectivity index (χ3n) is 1.77. The van der Waals surface area contributed by atoms with E-state index in [0.717, 1.165) is 10.8 Å². The maximum Gasteiger partial charge on any atom is 0.350 e. The predicted molar refractivity (Wildman–Crippen MR) is 57.8 cm³/mol. The van der Waals surface area contributed by atoms with E-state index in [1.165, 1.54) is 0 Å². The summed E-state index contributed by atoms with van der Waals surface area (Å²) in [5.74, 6) is 0.124. The average Bonchev–Trinajstić information content (AvgIpc) is 2.21. The molecule has 0 atom stereocenters. The first-order valence-electron chi connectivity index (χ1n) is 4.16. The molecule has 0 amide bonds. The Kier molecular flexibility index (Phi) is 3.62. The van der Waals surface area contributed by atoms with Crippen molar-refractivity contribution in [2.75, 3.05) is 5.88 Å². The van der Waals surface area contributed by atoms with Crippen LogP contribution in [0.1, 0.15) is 0 Å². The van der Waals surface area contributed by atoms with Crippen LogP contribution in [0.5, 0.6) is 0 Å². The quantitative estimate of drug-likeness (QED) is 0.355. The summed E-state index contributed by atoms with van der Waals surface area (Å²) in [7, 11) is 0. The standard InChI is InChI=1S/C8H8ClN3O4/c1-5(2-9)3-11-4-6(12(15)16)7(13)10-8(11)14/h4H,1-3H2,(H,10,13,14). The number of H-pyrrole nitrogens is 1. The highest BCUT2D eigenvalue weighted by Crippen LogP contribution is 2.02. The molecule has 0 aliphatic carbocycles. The molecule has 0 aromatic carbocycles. The maximum atomic E-state index is 11.3. The molecule has 86 valence electrons. The van der Waals surface area contributed by atoms with Gasteiger partial charge in [0, 0.05) is 12.4 Å². The summed E-state index contributed by atoms with van der Waals surface area (Å²) in [4.78, 5) is 33.7. The van der Waals surface area contributed by atoms with E-state index in [1.807, 2.05) is 4.98 Å². The van der Waals surface area contributed by atoms with Gasteiger partial charge in [-0.25, -0.2) is 4.79 Å². The Morgan fingerprint density at radius 2 is 2.25 bits per heavy atom. The van der Waals surface area contributed by atoms with Gasteiger partial charge in [0.15, 0.2) is 0 Å². The topological polar surface area (TPSA) is 98.0 Å². The van der Waals surface area contributed by atoms with E-state index in [1.54, 1.807) is 0 Å². The molecule has 0 aliphatic rings. The zero-order chi connectivity index (χ0) is 12.3. The van der Waals surface area contributed by atoms with Crippen LogP contribution in [-0.4, -0.2) is 20.4 Å². The van der Waals surface area contributed by atoms with Gasteiger partial charge in [-0.1, -0.05) is 6.58 Å². The lowest BCUT2D eigenvalue weighted by molar-refractivity contribution is -0.386. The van der Waals surface area contributed by atoms with E-state index in [-0.39, 0.29) is 12.4 Å². The second-order valence-corrected chi connectivity index (χ2v) is 3.31. The second-order valence-electron chi connectivity index (χ2n) is 3.04. The largest absolute Gasteiger partial charge is 0.350 e. The Balaban J connectivity index is 3.25. The molecule has 16 heavy (non-hydrogen) atoms. The van der Waals surface area contributed by atoms with E-state index in [4.69, 9.17) is 11.6 Å². The third-order valence-corrected chi connectivity index (χ3v) is 2.15. The minimum Gasteiger partial charge on any atom is -0.290 e. The molecule has 0 fully saturated rings. The van der Waals surface area contributed by atoms with Crippen molar-refractivity contribution in [2.45, 2.75) is 6.54 Å². The van der Waals surface area contributed by atoms with Crippen molar-refractivity contribution in [2.24, 2.45) is 0 Å². The highest BCUT2D eigenvalue weighted by Gasteiger charge is 2.14. The molecule has 0 saturated heterocycles. The minimum absolute atomic E-state index is 0.0277. The van der Waals surface area contributed by atoms with Gasteiger partial charge in [0.1, 0.15) is 0 Å². The number of nitrogens with zero attached hydrogens (tertiary/aromatic N) is 2. The molecular weight excluding hydrogens is 238 g/mol. The van der Waals surface area contributed by atoms with Crippen LogP contribution in [-0.2, 0) is 6.54 Å². The Bertz CT molecular complexity index is 545. The number of alkyl halides is 1. The lowest BCUT2D eigenvalue weighted by atomic mass is 10.3.